The van der Waals surface area contributed by atoms with Crippen molar-refractivity contribution < 1.29 is 4.74 Å². The van der Waals surface area contributed by atoms with E-state index in [0.717, 1.165) is 43.7 Å². The molecule has 1 aliphatic heterocycles. The van der Waals surface area contributed by atoms with Gasteiger partial charge in [-0.1, -0.05) is 19.1 Å². The third-order valence-corrected chi connectivity index (χ3v) is 5.03. The monoisotopic (exact) mass is 351 g/mol. The van der Waals surface area contributed by atoms with Gasteiger partial charge in [0, 0.05) is 25.6 Å². The maximum atomic E-state index is 5.48. The van der Waals surface area contributed by atoms with Crippen LogP contribution in [0.15, 0.2) is 36.7 Å². The van der Waals surface area contributed by atoms with Crippen LogP contribution >= 0.6 is 0 Å². The number of ether oxygens (including phenoxy) is 1. The number of piperidine rings is 1. The zero-order chi connectivity index (χ0) is 17.9. The third kappa shape index (κ3) is 3.11. The zero-order valence-electron chi connectivity index (χ0n) is 15.4. The summed E-state index contributed by atoms with van der Waals surface area (Å²) in [6.45, 7) is 6.67. The number of nitrogens with zero attached hydrogens (tertiary/aromatic N) is 5. The lowest BCUT2D eigenvalue weighted by Gasteiger charge is -2.34. The topological polar surface area (TPSA) is 56.1 Å². The zero-order valence-corrected chi connectivity index (χ0v) is 15.4. The largest absolute Gasteiger partial charge is 0.477 e. The summed E-state index contributed by atoms with van der Waals surface area (Å²) in [4.78, 5) is 16.0. The second-order valence-electron chi connectivity index (χ2n) is 6.61. The lowest BCUT2D eigenvalue weighted by atomic mass is 10.0. The van der Waals surface area contributed by atoms with Crippen molar-refractivity contribution in [3.63, 3.8) is 0 Å². The highest BCUT2D eigenvalue weighted by Crippen LogP contribution is 2.30. The summed E-state index contributed by atoms with van der Waals surface area (Å²) in [6, 6.07) is 8.94. The number of hydrogen-bond donors (Lipinski definition) is 0. The van der Waals surface area contributed by atoms with Crippen LogP contribution in [0.4, 0.5) is 5.82 Å². The summed E-state index contributed by atoms with van der Waals surface area (Å²) in [7, 11) is 0. The molecule has 2 aromatic heterocycles. The maximum Gasteiger partial charge on any atom is 0.234 e. The Morgan fingerprint density at radius 3 is 2.65 bits per heavy atom. The number of anilines is 1. The van der Waals surface area contributed by atoms with Crippen LogP contribution in [0.2, 0.25) is 0 Å². The van der Waals surface area contributed by atoms with E-state index in [1.54, 1.807) is 6.20 Å². The van der Waals surface area contributed by atoms with E-state index in [0.29, 0.717) is 18.5 Å². The highest BCUT2D eigenvalue weighted by molar-refractivity contribution is 5.76. The van der Waals surface area contributed by atoms with E-state index < -0.39 is 0 Å². The minimum Gasteiger partial charge on any atom is -0.477 e. The lowest BCUT2D eigenvalue weighted by molar-refractivity contribution is 0.324. The van der Waals surface area contributed by atoms with E-state index in [-0.39, 0.29) is 0 Å². The first-order chi connectivity index (χ1) is 12.8. The number of imidazole rings is 1. The summed E-state index contributed by atoms with van der Waals surface area (Å²) in [5.74, 6) is 2.68. The van der Waals surface area contributed by atoms with Gasteiger partial charge >= 0.3 is 0 Å². The number of hydrogen-bond acceptors (Lipinski definition) is 5. The van der Waals surface area contributed by atoms with Crippen molar-refractivity contribution in [1.82, 2.24) is 19.5 Å². The molecule has 4 rings (SSSR count). The fourth-order valence-corrected chi connectivity index (χ4v) is 3.81. The highest BCUT2D eigenvalue weighted by Gasteiger charge is 2.25. The first kappa shape index (κ1) is 16.8. The number of aryl methyl sites for hydroxylation is 1. The standard InChI is InChI=1S/C20H25N5O/c1-3-18-22-16-7-5-6-8-17(16)25(18)15-9-11-24(12-10-15)19-13-21-14-20(23-19)26-4-2/h5-8,13-15H,3-4,9-12H2,1-2H3. The predicted molar refractivity (Wildman–Crippen MR) is 103 cm³/mol. The maximum absolute atomic E-state index is 5.48. The average molecular weight is 351 g/mol. The van der Waals surface area contributed by atoms with E-state index in [9.17, 15) is 0 Å². The first-order valence-electron chi connectivity index (χ1n) is 9.45. The van der Waals surface area contributed by atoms with E-state index >= 15 is 0 Å². The molecule has 26 heavy (non-hydrogen) atoms. The van der Waals surface area contributed by atoms with Crippen LogP contribution in [-0.4, -0.2) is 39.2 Å². The van der Waals surface area contributed by atoms with Gasteiger partial charge in [-0.15, -0.1) is 0 Å². The van der Waals surface area contributed by atoms with Crippen LogP contribution < -0.4 is 9.64 Å². The molecule has 0 saturated carbocycles. The lowest BCUT2D eigenvalue weighted by Crippen LogP contribution is -2.35. The fourth-order valence-electron chi connectivity index (χ4n) is 3.81. The van der Waals surface area contributed by atoms with Crippen molar-refractivity contribution in [2.24, 2.45) is 0 Å². The molecule has 0 atom stereocenters. The van der Waals surface area contributed by atoms with Crippen LogP contribution in [-0.2, 0) is 6.42 Å². The Morgan fingerprint density at radius 2 is 1.88 bits per heavy atom. The number of benzene rings is 1. The predicted octanol–water partition coefficient (Wildman–Crippen LogP) is 3.63. The molecule has 1 fully saturated rings. The molecule has 1 saturated heterocycles. The van der Waals surface area contributed by atoms with Crippen molar-refractivity contribution in [2.75, 3.05) is 24.6 Å². The molecule has 3 heterocycles. The van der Waals surface area contributed by atoms with Gasteiger partial charge < -0.3 is 14.2 Å². The van der Waals surface area contributed by atoms with Crippen LogP contribution in [0.5, 0.6) is 5.88 Å². The minimum absolute atomic E-state index is 0.483. The summed E-state index contributed by atoms with van der Waals surface area (Å²) in [5, 5.41) is 0. The number of aromatic nitrogens is 4. The molecule has 0 unspecified atom stereocenters. The van der Waals surface area contributed by atoms with Gasteiger partial charge in [0.25, 0.3) is 0 Å². The van der Waals surface area contributed by atoms with Gasteiger partial charge in [0.05, 0.1) is 30.0 Å². The molecular weight excluding hydrogens is 326 g/mol. The molecule has 1 aliphatic rings. The minimum atomic E-state index is 0.483. The van der Waals surface area contributed by atoms with Gasteiger partial charge in [-0.25, -0.2) is 4.98 Å². The molecule has 0 spiro atoms. The SMILES string of the molecule is CCOc1cncc(N2CCC(n3c(CC)nc4ccccc43)CC2)n1. The summed E-state index contributed by atoms with van der Waals surface area (Å²) in [6.07, 6.45) is 6.61. The Hall–Kier alpha value is -2.63. The van der Waals surface area contributed by atoms with Gasteiger partial charge in [-0.2, -0.15) is 4.98 Å². The molecule has 0 radical (unpaired) electrons. The van der Waals surface area contributed by atoms with E-state index in [1.165, 1.54) is 11.3 Å². The summed E-state index contributed by atoms with van der Waals surface area (Å²) < 4.78 is 7.94. The number of fused-ring (bicyclic) bond motifs is 1. The summed E-state index contributed by atoms with van der Waals surface area (Å²) in [5.41, 5.74) is 2.35. The Morgan fingerprint density at radius 1 is 1.08 bits per heavy atom. The fraction of sp³-hybridized carbons (Fsp3) is 0.450. The van der Waals surface area contributed by atoms with E-state index in [1.807, 2.05) is 13.1 Å². The van der Waals surface area contributed by atoms with Crippen LogP contribution in [0, 0.1) is 0 Å². The number of para-hydroxylation sites is 2. The van der Waals surface area contributed by atoms with Gasteiger partial charge in [-0.05, 0) is 31.9 Å². The van der Waals surface area contributed by atoms with Gasteiger partial charge in [0.1, 0.15) is 5.82 Å². The molecule has 136 valence electrons. The Bertz CT molecular complexity index is 883. The Balaban J connectivity index is 1.53. The Kier molecular flexibility index (Phi) is 4.73. The summed E-state index contributed by atoms with van der Waals surface area (Å²) >= 11 is 0. The van der Waals surface area contributed by atoms with Crippen LogP contribution in [0.1, 0.15) is 38.6 Å². The smallest absolute Gasteiger partial charge is 0.234 e. The first-order valence-corrected chi connectivity index (χ1v) is 9.45. The van der Waals surface area contributed by atoms with E-state index in [2.05, 4.69) is 50.6 Å². The van der Waals surface area contributed by atoms with Gasteiger partial charge in [0.2, 0.25) is 5.88 Å². The third-order valence-electron chi connectivity index (χ3n) is 5.03. The molecule has 0 bridgehead atoms. The molecule has 0 N–H and O–H groups in total. The Labute approximate surface area is 153 Å². The van der Waals surface area contributed by atoms with Crippen LogP contribution in [0.25, 0.3) is 11.0 Å². The second-order valence-corrected chi connectivity index (χ2v) is 6.61. The van der Waals surface area contributed by atoms with Gasteiger partial charge in [0.15, 0.2) is 5.82 Å². The van der Waals surface area contributed by atoms with Crippen molar-refractivity contribution in [2.45, 2.75) is 39.2 Å². The van der Waals surface area contributed by atoms with E-state index in [4.69, 9.17) is 9.72 Å². The second kappa shape index (κ2) is 7.32. The molecule has 3 aromatic rings. The molecule has 6 heteroatoms. The van der Waals surface area contributed by atoms with Gasteiger partial charge in [-0.3, -0.25) is 4.98 Å². The number of rotatable bonds is 5. The normalized spacial score (nSPS) is 15.5. The quantitative estimate of drug-likeness (QED) is 0.702. The highest BCUT2D eigenvalue weighted by atomic mass is 16.5. The van der Waals surface area contributed by atoms with Crippen molar-refractivity contribution in [3.05, 3.63) is 42.5 Å². The van der Waals surface area contributed by atoms with Crippen molar-refractivity contribution in [3.8, 4) is 5.88 Å². The van der Waals surface area contributed by atoms with Crippen molar-refractivity contribution in [1.29, 1.82) is 0 Å². The molecule has 0 aliphatic carbocycles. The molecule has 6 nitrogen and oxygen atoms in total. The average Bonchev–Trinajstić information content (AvgIpc) is 3.07. The molecular formula is C20H25N5O. The van der Waals surface area contributed by atoms with Crippen LogP contribution in [0.3, 0.4) is 0 Å². The molecule has 1 aromatic carbocycles. The van der Waals surface area contributed by atoms with Crippen molar-refractivity contribution >= 4 is 16.9 Å². The molecule has 0 amide bonds.